The molecule has 1 atom stereocenters. The maximum Gasteiger partial charge on any atom is 0.112 e. The Bertz CT molecular complexity index is 278. The average Bonchev–Trinajstić information content (AvgIpc) is 1.98. The van der Waals surface area contributed by atoms with E-state index in [1.165, 1.54) is 0 Å². The molecule has 0 spiro atoms. The Hall–Kier alpha value is -0.0000000000000000555. The third kappa shape index (κ3) is 2.24. The lowest BCUT2D eigenvalue weighted by molar-refractivity contribution is 0.581. The van der Waals surface area contributed by atoms with Gasteiger partial charge >= 0.3 is 0 Å². The summed E-state index contributed by atoms with van der Waals surface area (Å²) in [5.74, 6) is 1.87. The highest BCUT2D eigenvalue weighted by atomic mass is 35.5. The smallest absolute Gasteiger partial charge is 0.112 e. The monoisotopic (exact) mass is 204 g/mol. The van der Waals surface area contributed by atoms with Crippen LogP contribution in [-0.4, -0.2) is 12.3 Å². The van der Waals surface area contributed by atoms with Crippen molar-refractivity contribution in [2.75, 3.05) is 12.3 Å². The highest BCUT2D eigenvalue weighted by molar-refractivity contribution is 7.67. The van der Waals surface area contributed by atoms with Gasteiger partial charge in [0.1, 0.15) is 7.14 Å². The van der Waals surface area contributed by atoms with Gasteiger partial charge in [-0.2, -0.15) is 0 Å². The number of rotatable bonds is 2. The van der Waals surface area contributed by atoms with Crippen LogP contribution in [0, 0.1) is 0 Å². The number of allylic oxidation sites excluding steroid dienone is 3. The molecule has 0 radical (unpaired) electrons. The molecule has 0 fully saturated rings. The van der Waals surface area contributed by atoms with Gasteiger partial charge in [0.25, 0.3) is 0 Å². The van der Waals surface area contributed by atoms with Gasteiger partial charge in [0.05, 0.1) is 0 Å². The molecule has 1 rings (SSSR count). The molecule has 0 aromatic rings. The van der Waals surface area contributed by atoms with Crippen molar-refractivity contribution in [3.05, 3.63) is 22.5 Å². The van der Waals surface area contributed by atoms with Crippen molar-refractivity contribution in [2.24, 2.45) is 0 Å². The van der Waals surface area contributed by atoms with E-state index in [0.29, 0.717) is 6.16 Å². The minimum atomic E-state index is -2.03. The van der Waals surface area contributed by atoms with Crippen LogP contribution < -0.4 is 0 Å². The van der Waals surface area contributed by atoms with Gasteiger partial charge in [0.2, 0.25) is 0 Å². The van der Waals surface area contributed by atoms with E-state index in [9.17, 15) is 4.57 Å². The van der Waals surface area contributed by atoms with Crippen LogP contribution in [0.25, 0.3) is 0 Å². The molecular formula is C9H14ClOP. The molecule has 1 heterocycles. The van der Waals surface area contributed by atoms with Gasteiger partial charge in [0, 0.05) is 17.4 Å². The lowest BCUT2D eigenvalue weighted by Crippen LogP contribution is -1.96. The van der Waals surface area contributed by atoms with Gasteiger partial charge in [-0.1, -0.05) is 24.6 Å². The molecule has 1 aliphatic heterocycles. The van der Waals surface area contributed by atoms with E-state index in [1.54, 1.807) is 0 Å². The zero-order valence-corrected chi connectivity index (χ0v) is 9.16. The minimum Gasteiger partial charge on any atom is -0.319 e. The van der Waals surface area contributed by atoms with Gasteiger partial charge in [-0.05, 0) is 24.7 Å². The molecule has 68 valence electrons. The van der Waals surface area contributed by atoms with Crippen molar-refractivity contribution in [3.8, 4) is 0 Å². The van der Waals surface area contributed by atoms with Crippen LogP contribution in [-0.2, 0) is 4.57 Å². The Morgan fingerprint density at radius 3 is 2.83 bits per heavy atom. The summed E-state index contributed by atoms with van der Waals surface area (Å²) in [7, 11) is -2.03. The Balaban J connectivity index is 2.83. The fourth-order valence-corrected chi connectivity index (χ4v) is 4.22. The van der Waals surface area contributed by atoms with Crippen LogP contribution in [0.15, 0.2) is 22.5 Å². The van der Waals surface area contributed by atoms with Crippen molar-refractivity contribution in [3.63, 3.8) is 0 Å². The fourth-order valence-electron chi connectivity index (χ4n) is 1.40. The van der Waals surface area contributed by atoms with Crippen LogP contribution in [0.2, 0.25) is 0 Å². The van der Waals surface area contributed by atoms with Crippen molar-refractivity contribution in [1.82, 2.24) is 0 Å². The normalized spacial score (nSPS) is 29.6. The van der Waals surface area contributed by atoms with E-state index in [-0.39, 0.29) is 0 Å². The van der Waals surface area contributed by atoms with Gasteiger partial charge in [-0.15, -0.1) is 0 Å². The highest BCUT2D eigenvalue weighted by Crippen LogP contribution is 2.52. The van der Waals surface area contributed by atoms with Crippen LogP contribution >= 0.6 is 18.7 Å². The van der Waals surface area contributed by atoms with Crippen LogP contribution in [0.5, 0.6) is 0 Å². The molecule has 1 unspecified atom stereocenters. The summed E-state index contributed by atoms with van der Waals surface area (Å²) in [4.78, 5) is 0. The van der Waals surface area contributed by atoms with E-state index in [0.717, 1.165) is 23.2 Å². The summed E-state index contributed by atoms with van der Waals surface area (Å²) in [5, 5.41) is 0.762. The lowest BCUT2D eigenvalue weighted by Gasteiger charge is -2.17. The Labute approximate surface area is 78.9 Å². The summed E-state index contributed by atoms with van der Waals surface area (Å²) < 4.78 is 12.0. The van der Waals surface area contributed by atoms with E-state index in [2.05, 4.69) is 6.92 Å². The average molecular weight is 205 g/mol. The molecule has 1 nitrogen and oxygen atoms in total. The van der Waals surface area contributed by atoms with Crippen molar-refractivity contribution in [1.29, 1.82) is 0 Å². The first-order valence-electron chi connectivity index (χ1n) is 4.20. The van der Waals surface area contributed by atoms with Crippen molar-refractivity contribution >= 4 is 18.7 Å². The predicted molar refractivity (Wildman–Crippen MR) is 55.3 cm³/mol. The molecule has 12 heavy (non-hydrogen) atoms. The molecule has 0 N–H and O–H groups in total. The molecule has 1 aliphatic rings. The topological polar surface area (TPSA) is 17.1 Å². The summed E-state index contributed by atoms with van der Waals surface area (Å²) in [6.07, 6.45) is 4.32. The van der Waals surface area contributed by atoms with Crippen molar-refractivity contribution in [2.45, 2.75) is 20.3 Å². The maximum atomic E-state index is 12.0. The first-order chi connectivity index (χ1) is 5.57. The Kier molecular flexibility index (Phi) is 3.20. The molecule has 0 aromatic heterocycles. The van der Waals surface area contributed by atoms with E-state index in [4.69, 9.17) is 11.6 Å². The molecular weight excluding hydrogens is 191 g/mol. The van der Waals surface area contributed by atoms with E-state index < -0.39 is 7.14 Å². The SMILES string of the molecule is CCCP1(=O)C=C(C)C(Cl)=CC1. The number of halogens is 1. The second-order valence-corrected chi connectivity index (χ2v) is 6.61. The molecule has 0 bridgehead atoms. The second kappa shape index (κ2) is 3.81. The molecule has 0 aromatic carbocycles. The maximum absolute atomic E-state index is 12.0. The summed E-state index contributed by atoms with van der Waals surface area (Å²) in [5.41, 5.74) is 0.972. The third-order valence-corrected chi connectivity index (χ3v) is 5.30. The van der Waals surface area contributed by atoms with Gasteiger partial charge in [-0.3, -0.25) is 0 Å². The minimum absolute atomic E-state index is 0.650. The summed E-state index contributed by atoms with van der Waals surface area (Å²) >= 11 is 5.87. The van der Waals surface area contributed by atoms with E-state index in [1.807, 2.05) is 18.8 Å². The highest BCUT2D eigenvalue weighted by Gasteiger charge is 2.21. The standard InChI is InChI=1S/C9H14ClOP/c1-3-5-12(11)6-4-9(10)8(2)7-12/h4,7H,3,5-6H2,1-2H3. The van der Waals surface area contributed by atoms with E-state index >= 15 is 0 Å². The lowest BCUT2D eigenvalue weighted by atomic mass is 10.3. The predicted octanol–water partition coefficient (Wildman–Crippen LogP) is 3.80. The van der Waals surface area contributed by atoms with Gasteiger partial charge in [-0.25, -0.2) is 0 Å². The zero-order chi connectivity index (χ0) is 9.19. The molecule has 3 heteroatoms. The molecule has 0 saturated carbocycles. The third-order valence-electron chi connectivity index (χ3n) is 1.99. The van der Waals surface area contributed by atoms with Gasteiger partial charge < -0.3 is 4.57 Å². The van der Waals surface area contributed by atoms with Crippen LogP contribution in [0.4, 0.5) is 0 Å². The second-order valence-electron chi connectivity index (χ2n) is 3.22. The Morgan fingerprint density at radius 1 is 1.67 bits per heavy atom. The first kappa shape index (κ1) is 10.1. The molecule has 0 amide bonds. The van der Waals surface area contributed by atoms with Crippen LogP contribution in [0.1, 0.15) is 20.3 Å². The van der Waals surface area contributed by atoms with Crippen LogP contribution in [0.3, 0.4) is 0 Å². The van der Waals surface area contributed by atoms with Gasteiger partial charge in [0.15, 0.2) is 0 Å². The quantitative estimate of drug-likeness (QED) is 0.626. The largest absolute Gasteiger partial charge is 0.319 e. The number of hydrogen-bond acceptors (Lipinski definition) is 1. The number of hydrogen-bond donors (Lipinski definition) is 0. The Morgan fingerprint density at radius 2 is 2.33 bits per heavy atom. The first-order valence-corrected chi connectivity index (χ1v) is 6.73. The molecule has 0 aliphatic carbocycles. The summed E-state index contributed by atoms with van der Waals surface area (Å²) in [6, 6.07) is 0. The van der Waals surface area contributed by atoms with Crippen molar-refractivity contribution < 1.29 is 4.57 Å². The molecule has 0 saturated heterocycles. The summed E-state index contributed by atoms with van der Waals surface area (Å²) in [6.45, 7) is 3.98. The fraction of sp³-hybridized carbons (Fsp3) is 0.556. The zero-order valence-electron chi connectivity index (χ0n) is 7.51.